The molecule has 17 heavy (non-hydrogen) atoms. The van der Waals surface area contributed by atoms with Crippen molar-refractivity contribution in [1.82, 2.24) is 4.98 Å². The first-order chi connectivity index (χ1) is 8.17. The number of pyridine rings is 1. The lowest BCUT2D eigenvalue weighted by Crippen LogP contribution is -2.14. The van der Waals surface area contributed by atoms with E-state index in [1.54, 1.807) is 15.3 Å². The van der Waals surface area contributed by atoms with Crippen molar-refractivity contribution in [3.05, 3.63) is 29.1 Å². The fourth-order valence-corrected chi connectivity index (χ4v) is 3.59. The molecule has 2 rings (SSSR count). The van der Waals surface area contributed by atoms with Gasteiger partial charge < -0.3 is 4.31 Å². The molecule has 1 aromatic heterocycles. The monoisotopic (exact) mass is 380 g/mol. The van der Waals surface area contributed by atoms with Gasteiger partial charge in [-0.05, 0) is 25.0 Å². The van der Waals surface area contributed by atoms with Crippen LogP contribution >= 0.6 is 41.9 Å². The molecule has 0 spiro atoms. The van der Waals surface area contributed by atoms with Gasteiger partial charge in [-0.25, -0.2) is 0 Å². The van der Waals surface area contributed by atoms with Gasteiger partial charge in [0.2, 0.25) is 0 Å². The van der Waals surface area contributed by atoms with Gasteiger partial charge in [0.05, 0.1) is 10.7 Å². The normalized spacial score (nSPS) is 15.6. The number of nitrogens with zero attached hydrogens (tertiary/aromatic N) is 2. The molecule has 1 aromatic rings. The van der Waals surface area contributed by atoms with Crippen LogP contribution in [0, 0.1) is 6.92 Å². The van der Waals surface area contributed by atoms with Crippen LogP contribution in [-0.2, 0) is 4.79 Å². The summed E-state index contributed by atoms with van der Waals surface area (Å²) in [7, 11) is 1.59. The van der Waals surface area contributed by atoms with Gasteiger partial charge in [0, 0.05) is 48.6 Å². The molecule has 1 aliphatic heterocycles. The van der Waals surface area contributed by atoms with Crippen molar-refractivity contribution in [3.63, 3.8) is 0 Å². The number of fused-ring (bicyclic) bond motifs is 1. The third-order valence-electron chi connectivity index (χ3n) is 2.57. The Bertz CT molecular complexity index is 492. The highest BCUT2D eigenvalue weighted by molar-refractivity contribution is 14.2. The summed E-state index contributed by atoms with van der Waals surface area (Å²) in [5, 5.41) is 0.475. The van der Waals surface area contributed by atoms with Gasteiger partial charge in [-0.15, -0.1) is 0 Å². The first-order valence-electron chi connectivity index (χ1n) is 5.04. The van der Waals surface area contributed by atoms with Crippen LogP contribution in [0.2, 0.25) is 0 Å². The Hall–Kier alpha value is -0.270. The fourth-order valence-electron chi connectivity index (χ4n) is 1.70. The Balaban J connectivity index is 2.61. The van der Waals surface area contributed by atoms with E-state index in [1.807, 2.05) is 13.0 Å². The molecule has 0 aromatic carbocycles. The number of carbonyl (C=O) groups excluding carboxylic acids is 1. The predicted octanol–water partition coefficient (Wildman–Crippen LogP) is 3.75. The lowest BCUT2D eigenvalue weighted by Gasteiger charge is -2.20. The van der Waals surface area contributed by atoms with Gasteiger partial charge in [0.1, 0.15) is 12.0 Å². The summed E-state index contributed by atoms with van der Waals surface area (Å²) < 4.78 is 2.11. The highest BCUT2D eigenvalue weighted by Crippen LogP contribution is 2.39. The second-order valence-corrected chi connectivity index (χ2v) is 5.90. The number of halogens is 2. The Kier molecular flexibility index (Phi) is 4.32. The van der Waals surface area contributed by atoms with E-state index in [1.165, 1.54) is 0 Å². The molecule has 2 heterocycles. The van der Waals surface area contributed by atoms with Crippen molar-refractivity contribution in [3.8, 4) is 0 Å². The van der Waals surface area contributed by atoms with E-state index in [-0.39, 0.29) is 0 Å². The zero-order chi connectivity index (χ0) is 12.4. The average molecular weight is 381 g/mol. The zero-order valence-corrected chi connectivity index (χ0v) is 12.8. The maximum Gasteiger partial charge on any atom is 0.147 e. The van der Waals surface area contributed by atoms with E-state index in [0.29, 0.717) is 22.7 Å². The smallest absolute Gasteiger partial charge is 0.147 e. The van der Waals surface area contributed by atoms with Crippen LogP contribution < -0.4 is 4.31 Å². The van der Waals surface area contributed by atoms with Crippen LogP contribution in [0.15, 0.2) is 17.8 Å². The van der Waals surface area contributed by atoms with E-state index in [9.17, 15) is 4.79 Å². The summed E-state index contributed by atoms with van der Waals surface area (Å²) in [5.74, 6) is 0. The van der Waals surface area contributed by atoms with Crippen LogP contribution in [0.4, 0.5) is 5.69 Å². The fraction of sp³-hybridized carbons (Fsp3) is 0.273. The van der Waals surface area contributed by atoms with Crippen molar-refractivity contribution in [2.45, 2.75) is 13.3 Å². The van der Waals surface area contributed by atoms with Gasteiger partial charge in [-0.2, -0.15) is 0 Å². The summed E-state index contributed by atoms with van der Waals surface area (Å²) >= 11 is 8.46. The van der Waals surface area contributed by atoms with E-state index in [0.717, 1.165) is 24.1 Å². The minimum atomic E-state index is 0.475. The number of rotatable bonds is 2. The molecule has 0 bridgehead atoms. The molecule has 0 unspecified atom stereocenters. The summed E-state index contributed by atoms with van der Waals surface area (Å²) in [5.41, 5.74) is 3.38. The SMILES string of the molecule is Cc1cnc2c(c1)N(SI)CCC(C=O)=C2Cl. The Morgan fingerprint density at radius 2 is 2.41 bits per heavy atom. The van der Waals surface area contributed by atoms with Gasteiger partial charge >= 0.3 is 0 Å². The minimum Gasteiger partial charge on any atom is -0.305 e. The van der Waals surface area contributed by atoms with E-state index in [2.05, 4.69) is 30.5 Å². The minimum absolute atomic E-state index is 0.475. The number of aldehydes is 1. The highest BCUT2D eigenvalue weighted by atomic mass is 127. The first kappa shape index (κ1) is 13.2. The van der Waals surface area contributed by atoms with Crippen molar-refractivity contribution < 1.29 is 4.79 Å². The molecule has 0 aliphatic carbocycles. The van der Waals surface area contributed by atoms with Gasteiger partial charge in [0.15, 0.2) is 0 Å². The summed E-state index contributed by atoms with van der Waals surface area (Å²) in [6.45, 7) is 2.75. The number of aryl methyl sites for hydroxylation is 1. The standard InChI is InChI=1S/C11H10ClIN2OS/c1-7-4-9-11(14-5-7)10(12)8(6-16)2-3-15(9)17-13/h4-6H,2-3H2,1H3. The quantitative estimate of drug-likeness (QED) is 0.444. The number of aromatic nitrogens is 1. The largest absolute Gasteiger partial charge is 0.305 e. The predicted molar refractivity (Wildman–Crippen MR) is 81.4 cm³/mol. The summed E-state index contributed by atoms with van der Waals surface area (Å²) in [6.07, 6.45) is 3.24. The molecule has 1 aliphatic rings. The molecule has 0 N–H and O–H groups in total. The number of carbonyl (C=O) groups is 1. The lowest BCUT2D eigenvalue weighted by atomic mass is 10.1. The third-order valence-corrected chi connectivity index (χ3v) is 4.97. The Morgan fingerprint density at radius 1 is 1.65 bits per heavy atom. The topological polar surface area (TPSA) is 33.2 Å². The van der Waals surface area contributed by atoms with Crippen LogP contribution in [0.25, 0.3) is 5.03 Å². The van der Waals surface area contributed by atoms with Crippen LogP contribution in [-0.4, -0.2) is 17.8 Å². The van der Waals surface area contributed by atoms with Gasteiger partial charge in [0.25, 0.3) is 0 Å². The van der Waals surface area contributed by atoms with Gasteiger partial charge in [-0.1, -0.05) is 11.6 Å². The van der Waals surface area contributed by atoms with Crippen molar-refractivity contribution in [2.24, 2.45) is 0 Å². The third kappa shape index (κ3) is 2.61. The second kappa shape index (κ2) is 5.58. The number of hydrogen-bond donors (Lipinski definition) is 0. The van der Waals surface area contributed by atoms with E-state index >= 15 is 0 Å². The Labute approximate surface area is 121 Å². The molecular formula is C11H10ClIN2OS. The molecule has 0 fully saturated rings. The van der Waals surface area contributed by atoms with Crippen molar-refractivity contribution in [1.29, 1.82) is 0 Å². The number of hydrogen-bond acceptors (Lipinski definition) is 4. The molecule has 6 heteroatoms. The van der Waals surface area contributed by atoms with E-state index in [4.69, 9.17) is 11.6 Å². The van der Waals surface area contributed by atoms with Crippen molar-refractivity contribution in [2.75, 3.05) is 10.8 Å². The molecule has 0 saturated heterocycles. The van der Waals surface area contributed by atoms with Crippen LogP contribution in [0.1, 0.15) is 17.7 Å². The summed E-state index contributed by atoms with van der Waals surface area (Å²) in [4.78, 5) is 15.3. The molecular weight excluding hydrogens is 371 g/mol. The van der Waals surface area contributed by atoms with Crippen molar-refractivity contribution >= 4 is 58.9 Å². The summed E-state index contributed by atoms with van der Waals surface area (Å²) in [6, 6.07) is 2.05. The second-order valence-electron chi connectivity index (χ2n) is 3.76. The van der Waals surface area contributed by atoms with Gasteiger partial charge in [-0.3, -0.25) is 9.78 Å². The first-order valence-corrected chi connectivity index (χ1v) is 8.74. The lowest BCUT2D eigenvalue weighted by molar-refractivity contribution is -0.104. The zero-order valence-electron chi connectivity index (χ0n) is 9.11. The van der Waals surface area contributed by atoms with Crippen LogP contribution in [0.3, 0.4) is 0 Å². The van der Waals surface area contributed by atoms with Crippen LogP contribution in [0.5, 0.6) is 0 Å². The molecule has 0 atom stereocenters. The Morgan fingerprint density at radius 3 is 3.06 bits per heavy atom. The number of anilines is 1. The average Bonchev–Trinajstić information content (AvgIpc) is 2.46. The highest BCUT2D eigenvalue weighted by Gasteiger charge is 2.22. The molecule has 0 radical (unpaired) electrons. The molecule has 90 valence electrons. The maximum absolute atomic E-state index is 11.0. The molecule has 0 amide bonds. The maximum atomic E-state index is 11.0. The van der Waals surface area contributed by atoms with E-state index < -0.39 is 0 Å². The molecule has 3 nitrogen and oxygen atoms in total. The molecule has 0 saturated carbocycles.